The highest BCUT2D eigenvalue weighted by molar-refractivity contribution is 6.31. The molecule has 1 saturated carbocycles. The Morgan fingerprint density at radius 2 is 1.83 bits per heavy atom. The third kappa shape index (κ3) is 4.13. The van der Waals surface area contributed by atoms with Crippen LogP contribution in [-0.4, -0.2) is 51.8 Å². The number of likely N-dealkylation sites (N-methyl/N-ethyl adjacent to an activating group) is 1. The molecule has 2 aromatic rings. The number of aliphatic hydroxyl groups excluding tert-OH is 1. The summed E-state index contributed by atoms with van der Waals surface area (Å²) in [5.74, 6) is -6.03. The fourth-order valence-corrected chi connectivity index (χ4v) is 4.44. The smallest absolute Gasteiger partial charge is 0.387 e. The van der Waals surface area contributed by atoms with Crippen molar-refractivity contribution in [2.24, 2.45) is 5.92 Å². The van der Waals surface area contributed by atoms with Gasteiger partial charge < -0.3 is 15.1 Å². The van der Waals surface area contributed by atoms with E-state index in [2.05, 4.69) is 4.98 Å². The molecular weight excluding hydrogens is 501 g/mol. The van der Waals surface area contributed by atoms with Gasteiger partial charge in [0.2, 0.25) is 0 Å². The molecule has 1 aliphatic carbocycles. The van der Waals surface area contributed by atoms with Crippen molar-refractivity contribution >= 4 is 34.9 Å². The van der Waals surface area contributed by atoms with E-state index >= 15 is 0 Å². The van der Waals surface area contributed by atoms with Crippen molar-refractivity contribution in [2.45, 2.75) is 43.7 Å². The van der Waals surface area contributed by atoms with E-state index in [1.807, 2.05) is 0 Å². The number of aromatic nitrogens is 1. The van der Waals surface area contributed by atoms with Crippen LogP contribution in [0.15, 0.2) is 24.3 Å². The monoisotopic (exact) mass is 519 g/mol. The number of benzene rings is 1. The summed E-state index contributed by atoms with van der Waals surface area (Å²) in [5.41, 5.74) is -4.30. The standard InChI is InChI=1S/C22H19ClF5N3O4/c1-9-5-11(22(26,27)28)6-16(29-9)31-17(18(32)21(35,20(31)34)10-3-4-10)19(33)30(2)15-7-12(23)13(24)8-14(15)25/h5-8,10,17-18,32,35H,3-4H2,1-2H3/t17-,18-,21-/m0/s1. The van der Waals surface area contributed by atoms with Crippen molar-refractivity contribution in [3.8, 4) is 0 Å². The normalized spacial score (nSPS) is 24.7. The second-order valence-corrected chi connectivity index (χ2v) is 9.04. The Bertz CT molecular complexity index is 1220. The molecule has 188 valence electrons. The van der Waals surface area contributed by atoms with Crippen molar-refractivity contribution in [3.05, 3.63) is 52.2 Å². The molecule has 0 unspecified atom stereocenters. The number of carbonyl (C=O) groups is 2. The fourth-order valence-electron chi connectivity index (χ4n) is 4.28. The molecule has 13 heteroatoms. The molecule has 2 fully saturated rings. The number of pyridine rings is 1. The molecule has 7 nitrogen and oxygen atoms in total. The SMILES string of the molecule is Cc1cc(C(F)(F)F)cc(N2C(=O)[C@](O)(C3CC3)[C@@H](O)[C@H]2C(=O)N(C)c2cc(Cl)c(F)cc2F)n1. The second kappa shape index (κ2) is 8.38. The Balaban J connectivity index is 1.83. The zero-order valence-corrected chi connectivity index (χ0v) is 19.0. The van der Waals surface area contributed by atoms with E-state index in [0.717, 1.165) is 19.2 Å². The number of aryl methyl sites for hydroxylation is 1. The van der Waals surface area contributed by atoms with Crippen molar-refractivity contribution in [3.63, 3.8) is 0 Å². The van der Waals surface area contributed by atoms with Crippen molar-refractivity contribution in [1.82, 2.24) is 4.98 Å². The highest BCUT2D eigenvalue weighted by Gasteiger charge is 2.67. The Labute approximate surface area is 200 Å². The number of hydrogen-bond acceptors (Lipinski definition) is 5. The van der Waals surface area contributed by atoms with E-state index in [4.69, 9.17) is 11.6 Å². The van der Waals surface area contributed by atoms with Crippen molar-refractivity contribution in [1.29, 1.82) is 0 Å². The lowest BCUT2D eigenvalue weighted by atomic mass is 9.90. The van der Waals surface area contributed by atoms with Gasteiger partial charge in [0, 0.05) is 18.8 Å². The lowest BCUT2D eigenvalue weighted by Gasteiger charge is -2.29. The Morgan fingerprint density at radius 3 is 2.40 bits per heavy atom. The number of carbonyl (C=O) groups excluding carboxylic acids is 2. The van der Waals surface area contributed by atoms with Crippen LogP contribution in [0.5, 0.6) is 0 Å². The first-order valence-corrected chi connectivity index (χ1v) is 10.8. The molecule has 2 amide bonds. The third-order valence-electron chi connectivity index (χ3n) is 6.24. The van der Waals surface area contributed by atoms with Gasteiger partial charge in [0.15, 0.2) is 5.60 Å². The van der Waals surface area contributed by atoms with Gasteiger partial charge in [-0.05, 0) is 43.9 Å². The van der Waals surface area contributed by atoms with Gasteiger partial charge in [0.1, 0.15) is 29.6 Å². The van der Waals surface area contributed by atoms with Crippen molar-refractivity contribution in [2.75, 3.05) is 16.8 Å². The number of aliphatic hydroxyl groups is 2. The summed E-state index contributed by atoms with van der Waals surface area (Å²) in [5, 5.41) is 21.5. The average Bonchev–Trinajstić information content (AvgIpc) is 3.59. The molecule has 2 heterocycles. The zero-order chi connectivity index (χ0) is 26.0. The minimum atomic E-state index is -4.82. The van der Waals surface area contributed by atoms with Crippen LogP contribution in [-0.2, 0) is 15.8 Å². The van der Waals surface area contributed by atoms with E-state index in [9.17, 15) is 41.8 Å². The predicted molar refractivity (Wildman–Crippen MR) is 114 cm³/mol. The molecule has 1 aromatic heterocycles. The van der Waals surface area contributed by atoms with Crippen LogP contribution in [0, 0.1) is 24.5 Å². The van der Waals surface area contributed by atoms with Crippen molar-refractivity contribution < 1.29 is 41.8 Å². The number of anilines is 2. The van der Waals surface area contributed by atoms with E-state index in [-0.39, 0.29) is 5.69 Å². The number of halogens is 6. The van der Waals surface area contributed by atoms with Gasteiger partial charge in [0.05, 0.1) is 16.3 Å². The first-order chi connectivity index (χ1) is 16.2. The molecular formula is C22H19ClF5N3O4. The molecule has 2 aliphatic rings. The lowest BCUT2D eigenvalue weighted by Crippen LogP contribution is -2.52. The minimum absolute atomic E-state index is 0.144. The van der Waals surface area contributed by atoms with Gasteiger partial charge in [-0.15, -0.1) is 0 Å². The predicted octanol–water partition coefficient (Wildman–Crippen LogP) is 3.22. The van der Waals surface area contributed by atoms with E-state index in [0.29, 0.717) is 34.8 Å². The first-order valence-electron chi connectivity index (χ1n) is 10.4. The number of hydrogen-bond donors (Lipinski definition) is 2. The van der Waals surface area contributed by atoms with E-state index in [1.54, 1.807) is 0 Å². The largest absolute Gasteiger partial charge is 0.416 e. The average molecular weight is 520 g/mol. The lowest BCUT2D eigenvalue weighted by molar-refractivity contribution is -0.145. The number of rotatable bonds is 4. The molecule has 0 bridgehead atoms. The van der Waals surface area contributed by atoms with Crippen LogP contribution >= 0.6 is 11.6 Å². The summed E-state index contributed by atoms with van der Waals surface area (Å²) in [6.45, 7) is 1.24. The molecule has 2 N–H and O–H groups in total. The summed E-state index contributed by atoms with van der Waals surface area (Å²) in [6, 6.07) is 0.514. The Hall–Kier alpha value is -2.83. The van der Waals surface area contributed by atoms with Crippen LogP contribution in [0.4, 0.5) is 33.5 Å². The summed E-state index contributed by atoms with van der Waals surface area (Å²) in [6.07, 6.45) is -6.23. The maximum absolute atomic E-state index is 14.4. The molecule has 0 spiro atoms. The Morgan fingerprint density at radius 1 is 1.20 bits per heavy atom. The molecule has 4 rings (SSSR count). The zero-order valence-electron chi connectivity index (χ0n) is 18.3. The summed E-state index contributed by atoms with van der Waals surface area (Å²) in [7, 11) is 1.05. The number of nitrogens with zero attached hydrogens (tertiary/aromatic N) is 3. The maximum Gasteiger partial charge on any atom is 0.416 e. The van der Waals surface area contributed by atoms with E-state index < -0.39 is 75.4 Å². The van der Waals surface area contributed by atoms with Crippen LogP contribution in [0.3, 0.4) is 0 Å². The van der Waals surface area contributed by atoms with Gasteiger partial charge in [-0.25, -0.2) is 13.8 Å². The van der Waals surface area contributed by atoms with Gasteiger partial charge in [-0.2, -0.15) is 13.2 Å². The molecule has 1 saturated heterocycles. The third-order valence-corrected chi connectivity index (χ3v) is 6.53. The molecule has 3 atom stereocenters. The van der Waals surface area contributed by atoms with E-state index in [1.165, 1.54) is 6.92 Å². The maximum atomic E-state index is 14.4. The molecule has 35 heavy (non-hydrogen) atoms. The van der Waals surface area contributed by atoms with Gasteiger partial charge in [-0.3, -0.25) is 14.5 Å². The van der Waals surface area contributed by atoms with Gasteiger partial charge >= 0.3 is 6.18 Å². The molecule has 0 radical (unpaired) electrons. The first kappa shape index (κ1) is 25.3. The summed E-state index contributed by atoms with van der Waals surface area (Å²) >= 11 is 5.69. The minimum Gasteiger partial charge on any atom is -0.387 e. The number of alkyl halides is 3. The Kier molecular flexibility index (Phi) is 6.05. The second-order valence-electron chi connectivity index (χ2n) is 8.63. The van der Waals surface area contributed by atoms with Crippen LogP contribution < -0.4 is 9.80 Å². The molecule has 1 aromatic carbocycles. The van der Waals surface area contributed by atoms with Gasteiger partial charge in [-0.1, -0.05) is 11.6 Å². The summed E-state index contributed by atoms with van der Waals surface area (Å²) in [4.78, 5) is 31.8. The number of amides is 2. The fraction of sp³-hybridized carbons (Fsp3) is 0.409. The van der Waals surface area contributed by atoms with Crippen LogP contribution in [0.2, 0.25) is 5.02 Å². The quantitative estimate of drug-likeness (QED) is 0.478. The van der Waals surface area contributed by atoms with Crippen LogP contribution in [0.1, 0.15) is 24.1 Å². The molecule has 1 aliphatic heterocycles. The topological polar surface area (TPSA) is 94.0 Å². The van der Waals surface area contributed by atoms with Crippen LogP contribution in [0.25, 0.3) is 0 Å². The van der Waals surface area contributed by atoms with Gasteiger partial charge in [0.25, 0.3) is 11.8 Å². The highest BCUT2D eigenvalue weighted by Crippen LogP contribution is 2.49. The highest BCUT2D eigenvalue weighted by atomic mass is 35.5. The summed E-state index contributed by atoms with van der Waals surface area (Å²) < 4.78 is 68.3.